The summed E-state index contributed by atoms with van der Waals surface area (Å²) in [7, 11) is 3.66. The highest BCUT2D eigenvalue weighted by Gasteiger charge is 2.66. The van der Waals surface area contributed by atoms with Gasteiger partial charge in [-0.3, -0.25) is 9.59 Å². The van der Waals surface area contributed by atoms with Crippen LogP contribution in [-0.4, -0.2) is 60.5 Å². The predicted molar refractivity (Wildman–Crippen MR) is 103 cm³/mol. The molecule has 2 bridgehead atoms. The first kappa shape index (κ1) is 18.1. The zero-order valence-corrected chi connectivity index (χ0v) is 16.9. The third-order valence-electron chi connectivity index (χ3n) is 7.75. The maximum Gasteiger partial charge on any atom is 0.172 e. The lowest BCUT2D eigenvalue weighted by Crippen LogP contribution is -2.66. The number of likely N-dealkylation sites (tertiary alicyclic amines) is 1. The van der Waals surface area contributed by atoms with Crippen LogP contribution in [0.4, 0.5) is 0 Å². The molecule has 150 valence electrons. The molecule has 1 aromatic carbocycles. The molecule has 2 heterocycles. The molecular formula is C22H27NO5. The van der Waals surface area contributed by atoms with E-state index in [9.17, 15) is 14.7 Å². The number of aliphatic hydroxyl groups excluding tert-OH is 1. The Morgan fingerprint density at radius 2 is 1.93 bits per heavy atom. The minimum absolute atomic E-state index is 0.114. The number of ketones is 2. The largest absolute Gasteiger partial charge is 0.492 e. The first-order valence-corrected chi connectivity index (χ1v) is 10.2. The molecule has 5 atom stereocenters. The Hall–Kier alpha value is -1.92. The minimum Gasteiger partial charge on any atom is -0.492 e. The highest BCUT2D eigenvalue weighted by atomic mass is 16.5. The average molecular weight is 385 g/mol. The van der Waals surface area contributed by atoms with E-state index in [1.165, 1.54) is 21.0 Å². The van der Waals surface area contributed by atoms with E-state index >= 15 is 0 Å². The third kappa shape index (κ3) is 1.95. The van der Waals surface area contributed by atoms with Gasteiger partial charge in [0.15, 0.2) is 23.1 Å². The van der Waals surface area contributed by atoms with Crippen LogP contribution in [0.1, 0.15) is 65.0 Å². The van der Waals surface area contributed by atoms with Crippen LogP contribution >= 0.6 is 0 Å². The van der Waals surface area contributed by atoms with Crippen molar-refractivity contribution >= 4 is 11.6 Å². The van der Waals surface area contributed by atoms with Crippen LogP contribution in [0.15, 0.2) is 0 Å². The monoisotopic (exact) mass is 385 g/mol. The second-order valence-corrected chi connectivity index (χ2v) is 8.91. The maximum atomic E-state index is 12.7. The zero-order chi connectivity index (χ0) is 20.0. The number of carbonyl (C=O) groups is 2. The van der Waals surface area contributed by atoms with Crippen molar-refractivity contribution in [3.05, 3.63) is 22.3 Å². The van der Waals surface area contributed by atoms with E-state index in [0.29, 0.717) is 35.0 Å². The number of ether oxygens (including phenoxy) is 2. The van der Waals surface area contributed by atoms with E-state index in [-0.39, 0.29) is 29.1 Å². The van der Waals surface area contributed by atoms with Crippen molar-refractivity contribution in [1.29, 1.82) is 0 Å². The highest BCUT2D eigenvalue weighted by molar-refractivity contribution is 6.11. The van der Waals surface area contributed by atoms with Gasteiger partial charge in [-0.25, -0.2) is 0 Å². The second-order valence-electron chi connectivity index (χ2n) is 8.91. The summed E-state index contributed by atoms with van der Waals surface area (Å²) in [6, 6.07) is 0.289. The smallest absolute Gasteiger partial charge is 0.172 e. The van der Waals surface area contributed by atoms with Crippen LogP contribution in [0.3, 0.4) is 0 Å². The van der Waals surface area contributed by atoms with Crippen LogP contribution < -0.4 is 9.47 Å². The van der Waals surface area contributed by atoms with Gasteiger partial charge in [-0.15, -0.1) is 0 Å². The molecule has 2 fully saturated rings. The predicted octanol–water partition coefficient (Wildman–Crippen LogP) is 2.13. The van der Waals surface area contributed by atoms with Crippen molar-refractivity contribution in [2.75, 3.05) is 20.7 Å². The normalized spacial score (nSPS) is 35.2. The van der Waals surface area contributed by atoms with Crippen LogP contribution in [0, 0.1) is 5.92 Å². The van der Waals surface area contributed by atoms with Gasteiger partial charge >= 0.3 is 0 Å². The summed E-state index contributed by atoms with van der Waals surface area (Å²) in [5.41, 5.74) is 2.50. The van der Waals surface area contributed by atoms with Crippen molar-refractivity contribution in [1.82, 2.24) is 4.90 Å². The standard InChI is InChI=1S/C22H27NO5/c1-10(24)16-12-9-14-13-5-6-15(26)21-22(13,7-8-23(14)3)18(12)20(28-21)19(27-4)17(16)11(2)25/h13-15,21,26H,5-9H2,1-4H3/t13-,14+,15-,21-,22-/m0/s1. The number of methoxy groups -OCH3 is 1. The molecule has 1 N–H and O–H groups in total. The molecule has 6 nitrogen and oxygen atoms in total. The molecule has 2 aliphatic carbocycles. The number of Topliss-reactive ketones (excluding diaryl/α,β-unsaturated/α-hetero) is 2. The number of rotatable bonds is 3. The number of hydrogen-bond acceptors (Lipinski definition) is 6. The van der Waals surface area contributed by atoms with E-state index in [1.54, 1.807) is 0 Å². The van der Waals surface area contributed by atoms with Crippen molar-refractivity contribution in [2.24, 2.45) is 5.92 Å². The number of benzene rings is 1. The minimum atomic E-state index is -0.551. The van der Waals surface area contributed by atoms with Crippen LogP contribution in [0.2, 0.25) is 0 Å². The van der Waals surface area contributed by atoms with E-state index in [1.807, 2.05) is 0 Å². The van der Waals surface area contributed by atoms with Crippen molar-refractivity contribution in [3.8, 4) is 11.5 Å². The first-order valence-electron chi connectivity index (χ1n) is 10.2. The Bertz CT molecular complexity index is 909. The molecule has 0 unspecified atom stereocenters. The van der Waals surface area contributed by atoms with E-state index in [0.717, 1.165) is 36.9 Å². The van der Waals surface area contributed by atoms with Gasteiger partial charge < -0.3 is 19.5 Å². The Kier molecular flexibility index (Phi) is 3.75. The van der Waals surface area contributed by atoms with Gasteiger partial charge in [0, 0.05) is 22.6 Å². The van der Waals surface area contributed by atoms with Crippen molar-refractivity contribution in [3.63, 3.8) is 0 Å². The molecule has 6 heteroatoms. The molecule has 1 saturated heterocycles. The third-order valence-corrected chi connectivity index (χ3v) is 7.75. The number of nitrogens with zero attached hydrogens (tertiary/aromatic N) is 1. The average Bonchev–Trinajstić information content (AvgIpc) is 2.99. The highest BCUT2D eigenvalue weighted by Crippen LogP contribution is 2.65. The Morgan fingerprint density at radius 1 is 1.21 bits per heavy atom. The Balaban J connectivity index is 1.91. The summed E-state index contributed by atoms with van der Waals surface area (Å²) in [5, 5.41) is 10.9. The molecule has 0 amide bonds. The number of aliphatic hydroxyl groups is 1. The summed E-state index contributed by atoms with van der Waals surface area (Å²) in [6.45, 7) is 3.92. The molecule has 0 aromatic heterocycles. The fourth-order valence-corrected chi connectivity index (χ4v) is 6.76. The molecule has 28 heavy (non-hydrogen) atoms. The van der Waals surface area contributed by atoms with Gasteiger partial charge in [0.05, 0.1) is 18.8 Å². The van der Waals surface area contributed by atoms with Gasteiger partial charge in [0.1, 0.15) is 6.10 Å². The Morgan fingerprint density at radius 3 is 2.57 bits per heavy atom. The summed E-state index contributed by atoms with van der Waals surface area (Å²) in [4.78, 5) is 27.7. The number of carbonyl (C=O) groups excluding carboxylic acids is 2. The molecule has 1 spiro atoms. The summed E-state index contributed by atoms with van der Waals surface area (Å²) in [6.07, 6.45) is 2.38. The topological polar surface area (TPSA) is 76.1 Å². The zero-order valence-electron chi connectivity index (χ0n) is 16.9. The quantitative estimate of drug-likeness (QED) is 0.804. The molecular weight excluding hydrogens is 358 g/mol. The fourth-order valence-electron chi connectivity index (χ4n) is 6.76. The number of hydrogen-bond donors (Lipinski definition) is 1. The summed E-state index contributed by atoms with van der Waals surface area (Å²) in [5.74, 6) is 1.02. The fraction of sp³-hybridized carbons (Fsp3) is 0.636. The van der Waals surface area contributed by atoms with Gasteiger partial charge in [-0.1, -0.05) is 0 Å². The van der Waals surface area contributed by atoms with Gasteiger partial charge in [0.2, 0.25) is 0 Å². The number of likely N-dealkylation sites (N-methyl/N-ethyl adjacent to an activating group) is 1. The van der Waals surface area contributed by atoms with Crippen molar-refractivity contribution in [2.45, 2.75) is 63.2 Å². The molecule has 1 saturated carbocycles. The molecule has 0 radical (unpaired) electrons. The lowest BCUT2D eigenvalue weighted by atomic mass is 9.51. The Labute approximate surface area is 164 Å². The lowest BCUT2D eigenvalue weighted by molar-refractivity contribution is -0.0993. The van der Waals surface area contributed by atoms with Crippen LogP contribution in [-0.2, 0) is 11.8 Å². The summed E-state index contributed by atoms with van der Waals surface area (Å²) < 4.78 is 12.1. The van der Waals surface area contributed by atoms with Gasteiger partial charge in [0.25, 0.3) is 0 Å². The molecule has 5 rings (SSSR count). The SMILES string of the molecule is COc1c2c3c(c(C(C)=O)c1C(C)=O)C[C@@H]1[C@@H]4CC[C@H](O)[C@H](O2)[C@]34CCN1C. The van der Waals surface area contributed by atoms with E-state index in [2.05, 4.69) is 11.9 Å². The van der Waals surface area contributed by atoms with E-state index in [4.69, 9.17) is 9.47 Å². The second kappa shape index (κ2) is 5.80. The van der Waals surface area contributed by atoms with E-state index < -0.39 is 6.10 Å². The number of piperidine rings is 1. The molecule has 1 aromatic rings. The van der Waals surface area contributed by atoms with Gasteiger partial charge in [-0.2, -0.15) is 0 Å². The van der Waals surface area contributed by atoms with Gasteiger partial charge in [-0.05, 0) is 64.6 Å². The van der Waals surface area contributed by atoms with Crippen molar-refractivity contribution < 1.29 is 24.2 Å². The molecule has 4 aliphatic rings. The summed E-state index contributed by atoms with van der Waals surface area (Å²) >= 11 is 0. The lowest BCUT2D eigenvalue weighted by Gasteiger charge is -2.58. The van der Waals surface area contributed by atoms with Crippen LogP contribution in [0.5, 0.6) is 11.5 Å². The van der Waals surface area contributed by atoms with Crippen LogP contribution in [0.25, 0.3) is 0 Å². The first-order chi connectivity index (χ1) is 13.3. The molecule has 2 aliphatic heterocycles. The maximum absolute atomic E-state index is 12.7.